The van der Waals surface area contributed by atoms with E-state index in [0.29, 0.717) is 11.3 Å². The zero-order chi connectivity index (χ0) is 19.0. The summed E-state index contributed by atoms with van der Waals surface area (Å²) in [5.74, 6) is -2.27. The van der Waals surface area contributed by atoms with E-state index in [1.54, 1.807) is 0 Å². The molecule has 0 unspecified atom stereocenters. The third-order valence-electron chi connectivity index (χ3n) is 3.81. The molecule has 27 heavy (non-hydrogen) atoms. The number of thiazole rings is 1. The van der Waals surface area contributed by atoms with Crippen molar-refractivity contribution >= 4 is 51.7 Å². The van der Waals surface area contributed by atoms with Gasteiger partial charge in [-0.2, -0.15) is 0 Å². The van der Waals surface area contributed by atoms with E-state index < -0.39 is 29.2 Å². The second kappa shape index (κ2) is 7.77. The number of carboxylic acid groups (broad SMARTS) is 1. The van der Waals surface area contributed by atoms with Crippen LogP contribution in [0.15, 0.2) is 34.5 Å². The number of fused-ring (bicyclic) bond motifs is 1. The third kappa shape index (κ3) is 3.39. The summed E-state index contributed by atoms with van der Waals surface area (Å²) in [6.07, 6.45) is 1.40. The summed E-state index contributed by atoms with van der Waals surface area (Å²) in [7, 11) is 0. The Hall–Kier alpha value is -2.90. The highest BCUT2D eigenvalue weighted by molar-refractivity contribution is 8.00. The number of aromatic nitrogens is 1. The van der Waals surface area contributed by atoms with Gasteiger partial charge < -0.3 is 27.5 Å². The summed E-state index contributed by atoms with van der Waals surface area (Å²) in [5.41, 5.74) is 5.49. The van der Waals surface area contributed by atoms with E-state index in [0.717, 1.165) is 16.2 Å². The molecule has 2 aliphatic rings. The van der Waals surface area contributed by atoms with E-state index in [1.807, 2.05) is 0 Å². The fourth-order valence-electron chi connectivity index (χ4n) is 2.62. The number of amides is 2. The van der Waals surface area contributed by atoms with E-state index in [2.05, 4.69) is 22.0 Å². The first-order valence-electron chi connectivity index (χ1n) is 7.16. The van der Waals surface area contributed by atoms with Gasteiger partial charge in [-0.25, -0.2) is 9.78 Å². The summed E-state index contributed by atoms with van der Waals surface area (Å²) in [4.78, 5) is 41.2. The van der Waals surface area contributed by atoms with Crippen LogP contribution >= 0.6 is 23.1 Å². The van der Waals surface area contributed by atoms with Gasteiger partial charge in [-0.15, -0.1) is 23.1 Å². The van der Waals surface area contributed by atoms with Gasteiger partial charge in [-0.05, 0) is 5.57 Å². The molecule has 0 spiro atoms. The van der Waals surface area contributed by atoms with Gasteiger partial charge in [0.15, 0.2) is 10.8 Å². The molecule has 1 aromatic rings. The minimum atomic E-state index is -1.24. The molecule has 8 N–H and O–H groups in total. The van der Waals surface area contributed by atoms with E-state index >= 15 is 0 Å². The number of aliphatic carboxylic acids is 1. The molecule has 1 fully saturated rings. The average molecular weight is 413 g/mol. The monoisotopic (exact) mass is 413 g/mol. The number of hydrogen-bond donors (Lipinski definition) is 5. The standard InChI is InChI=1S/C14H13N5O5S2.H3N/c1-2-5-3-25-12-8(11(21)19(12)9(5)13(22)23)17-10(20)7(18-24)6-4-26-14(15)16-6;/h2,4,8,12,24H,1,3H2,(H2,15,16)(H,17,20)(H,22,23);1H3/p+1/b18-7-;/t8-,12-;/m1./s1. The van der Waals surface area contributed by atoms with Crippen LogP contribution in [0.5, 0.6) is 0 Å². The van der Waals surface area contributed by atoms with Crippen LogP contribution in [-0.2, 0) is 14.4 Å². The summed E-state index contributed by atoms with van der Waals surface area (Å²) in [6, 6.07) is -0.944. The lowest BCUT2D eigenvalue weighted by Gasteiger charge is -2.49. The van der Waals surface area contributed by atoms with Crippen molar-refractivity contribution in [2.24, 2.45) is 5.16 Å². The van der Waals surface area contributed by atoms with Crippen molar-refractivity contribution in [3.05, 3.63) is 35.0 Å². The fourth-order valence-corrected chi connectivity index (χ4v) is 4.51. The summed E-state index contributed by atoms with van der Waals surface area (Å²) >= 11 is 2.37. The maximum atomic E-state index is 12.4. The summed E-state index contributed by atoms with van der Waals surface area (Å²) < 4.78 is 0. The molecule has 0 bridgehead atoms. The predicted molar refractivity (Wildman–Crippen MR) is 101 cm³/mol. The second-order valence-corrected chi connectivity index (χ2v) is 7.26. The highest BCUT2D eigenvalue weighted by Gasteiger charge is 2.54. The van der Waals surface area contributed by atoms with Crippen molar-refractivity contribution in [2.75, 3.05) is 11.5 Å². The van der Waals surface area contributed by atoms with E-state index in [1.165, 1.54) is 23.2 Å². The maximum Gasteiger partial charge on any atom is 1.00 e. The number of rotatable bonds is 5. The Bertz CT molecular complexity index is 885. The number of carbonyl (C=O) groups excluding carboxylic acids is 2. The Balaban J connectivity index is 0.00000196. The molecule has 0 aliphatic carbocycles. The van der Waals surface area contributed by atoms with Crippen LogP contribution in [-0.4, -0.2) is 60.9 Å². The molecule has 1 saturated heterocycles. The van der Waals surface area contributed by atoms with E-state index in [4.69, 9.17) is 10.9 Å². The van der Waals surface area contributed by atoms with Gasteiger partial charge in [0, 0.05) is 11.1 Å². The number of β-lactam (4-membered cyclic amide) rings is 1. The Labute approximate surface area is 162 Å². The molecule has 1 aromatic heterocycles. The smallest absolute Gasteiger partial charge is 0.477 e. The normalized spacial score (nSPS) is 21.7. The van der Waals surface area contributed by atoms with Gasteiger partial charge in [0.05, 0.1) is 0 Å². The minimum absolute atomic E-state index is 0. The highest BCUT2D eigenvalue weighted by atomic mass is 32.2. The highest BCUT2D eigenvalue weighted by Crippen LogP contribution is 2.40. The van der Waals surface area contributed by atoms with Gasteiger partial charge >= 0.3 is 7.40 Å². The molecule has 11 nitrogen and oxygen atoms in total. The molecular weight excluding hydrogens is 396 g/mol. The van der Waals surface area contributed by atoms with Crippen LogP contribution in [0.25, 0.3) is 0 Å². The van der Waals surface area contributed by atoms with Crippen molar-refractivity contribution in [1.82, 2.24) is 21.4 Å². The number of carbonyl (C=O) groups is 3. The van der Waals surface area contributed by atoms with Crippen molar-refractivity contribution < 1.29 is 26.1 Å². The lowest BCUT2D eigenvalue weighted by molar-refractivity contribution is -0.150. The van der Waals surface area contributed by atoms with E-state index in [9.17, 15) is 19.5 Å². The molecule has 0 radical (unpaired) electrons. The molecule has 2 atom stereocenters. The van der Waals surface area contributed by atoms with Gasteiger partial charge in [-0.3, -0.25) is 14.5 Å². The van der Waals surface area contributed by atoms with Gasteiger partial charge in [-0.1, -0.05) is 17.8 Å². The third-order valence-corrected chi connectivity index (χ3v) is 5.79. The topological polar surface area (TPSA) is 193 Å². The number of hydrogen-bond acceptors (Lipinski definition) is 10. The SMILES string of the molecule is C=CC1=C(C(=O)O)N2C(=O)[C@@H](NC(=O)/C(=N\O)c3csc(N)n3)[C@H]2SC1.N.[H+]. The number of allylic oxidation sites excluding steroid dienone is 1. The van der Waals surface area contributed by atoms with Crippen LogP contribution in [0, 0.1) is 0 Å². The fraction of sp³-hybridized carbons (Fsp3) is 0.214. The molecule has 2 amide bonds. The van der Waals surface area contributed by atoms with Crippen LogP contribution in [0.1, 0.15) is 7.12 Å². The zero-order valence-corrected chi connectivity index (χ0v) is 15.4. The first-order valence-corrected chi connectivity index (χ1v) is 9.09. The molecule has 144 valence electrons. The number of nitrogens with zero attached hydrogens (tertiary/aromatic N) is 3. The Morgan fingerprint density at radius 1 is 1.56 bits per heavy atom. The first kappa shape index (κ1) is 20.4. The Kier molecular flexibility index (Phi) is 5.88. The Morgan fingerprint density at radius 3 is 2.78 bits per heavy atom. The van der Waals surface area contributed by atoms with Gasteiger partial charge in [0.1, 0.15) is 22.8 Å². The summed E-state index contributed by atoms with van der Waals surface area (Å²) in [6.45, 7) is 3.56. The Morgan fingerprint density at radius 2 is 2.26 bits per heavy atom. The molecular formula is C14H17N6O5S2+. The molecule has 2 aliphatic heterocycles. The van der Waals surface area contributed by atoms with Crippen molar-refractivity contribution in [3.63, 3.8) is 0 Å². The number of oxime groups is 1. The van der Waals surface area contributed by atoms with Gasteiger partial charge in [0.25, 0.3) is 11.8 Å². The molecule has 3 rings (SSSR count). The number of nitrogens with two attached hydrogens (primary N) is 1. The minimum Gasteiger partial charge on any atom is -0.477 e. The molecule has 13 heteroatoms. The number of nitrogens with one attached hydrogen (secondary N) is 1. The van der Waals surface area contributed by atoms with Crippen LogP contribution in [0.2, 0.25) is 0 Å². The van der Waals surface area contributed by atoms with Crippen molar-refractivity contribution in [2.45, 2.75) is 11.4 Å². The molecule has 0 saturated carbocycles. The quantitative estimate of drug-likeness (QED) is 0.193. The molecule has 0 aromatic carbocycles. The van der Waals surface area contributed by atoms with Crippen molar-refractivity contribution in [1.29, 1.82) is 0 Å². The van der Waals surface area contributed by atoms with Crippen LogP contribution in [0.4, 0.5) is 5.13 Å². The maximum absolute atomic E-state index is 12.4. The number of carboxylic acids is 1. The largest absolute Gasteiger partial charge is 1.00 e. The van der Waals surface area contributed by atoms with E-state index in [-0.39, 0.29) is 29.8 Å². The predicted octanol–water partition coefficient (Wildman–Crippen LogP) is 0.103. The second-order valence-electron chi connectivity index (χ2n) is 5.26. The van der Waals surface area contributed by atoms with Crippen LogP contribution in [0.3, 0.4) is 0 Å². The van der Waals surface area contributed by atoms with Gasteiger partial charge in [0.2, 0.25) is 0 Å². The lowest BCUT2D eigenvalue weighted by Crippen LogP contribution is -2.71. The first-order chi connectivity index (χ1) is 12.4. The number of anilines is 1. The summed E-state index contributed by atoms with van der Waals surface area (Å²) in [5, 5.41) is 24.9. The van der Waals surface area contributed by atoms with Crippen LogP contribution < -0.4 is 17.2 Å². The number of nitrogen functional groups attached to an aromatic ring is 1. The lowest BCUT2D eigenvalue weighted by atomic mass is 10.0. The average Bonchev–Trinajstić information content (AvgIpc) is 3.04. The van der Waals surface area contributed by atoms with Crippen molar-refractivity contribution in [3.8, 4) is 0 Å². The molecule has 3 heterocycles. The zero-order valence-electron chi connectivity index (χ0n) is 14.8. The number of thioether (sulfide) groups is 1.